The molecule has 1 saturated heterocycles. The van der Waals surface area contributed by atoms with Crippen LogP contribution in [0.5, 0.6) is 5.88 Å². The molecule has 0 bridgehead atoms. The zero-order valence-corrected chi connectivity index (χ0v) is 15.5. The fourth-order valence-electron chi connectivity index (χ4n) is 3.39. The molecule has 3 heterocycles. The van der Waals surface area contributed by atoms with Crippen molar-refractivity contribution in [3.05, 3.63) is 30.2 Å². The van der Waals surface area contributed by atoms with Crippen molar-refractivity contribution < 1.29 is 9.13 Å². The molecule has 0 radical (unpaired) electrons. The quantitative estimate of drug-likeness (QED) is 0.783. The second-order valence-corrected chi connectivity index (χ2v) is 6.51. The van der Waals surface area contributed by atoms with Gasteiger partial charge < -0.3 is 14.5 Å². The van der Waals surface area contributed by atoms with Crippen LogP contribution in [0.15, 0.2) is 18.7 Å². The molecule has 0 amide bonds. The molecule has 8 heteroatoms. The molecule has 0 saturated carbocycles. The Bertz CT molecular complexity index is 735. The van der Waals surface area contributed by atoms with Crippen molar-refractivity contribution in [2.75, 3.05) is 43.6 Å². The second kappa shape index (κ2) is 8.25. The van der Waals surface area contributed by atoms with Crippen molar-refractivity contribution in [3.63, 3.8) is 0 Å². The number of aryl methyl sites for hydroxylation is 1. The normalized spacial score (nSPS) is 15.2. The lowest BCUT2D eigenvalue weighted by atomic mass is 9.96. The highest BCUT2D eigenvalue weighted by Gasteiger charge is 2.25. The molecule has 0 unspecified atom stereocenters. The molecule has 2 aromatic rings. The molecule has 7 nitrogen and oxygen atoms in total. The average Bonchev–Trinajstić information content (AvgIpc) is 2.69. The minimum atomic E-state index is -0.283. The number of ether oxygens (including phenoxy) is 1. The summed E-state index contributed by atoms with van der Waals surface area (Å²) in [6.07, 6.45) is 7.26. The molecule has 26 heavy (non-hydrogen) atoms. The van der Waals surface area contributed by atoms with Crippen molar-refractivity contribution in [2.45, 2.75) is 26.2 Å². The number of hydrogen-bond donors (Lipinski definition) is 0. The maximum Gasteiger partial charge on any atom is 0.257 e. The highest BCUT2D eigenvalue weighted by Crippen LogP contribution is 2.27. The van der Waals surface area contributed by atoms with Crippen molar-refractivity contribution >= 4 is 11.6 Å². The minimum Gasteiger partial charge on any atom is -0.478 e. The molecule has 3 rings (SSSR count). The summed E-state index contributed by atoms with van der Waals surface area (Å²) in [6, 6.07) is 0. The van der Waals surface area contributed by atoms with E-state index in [9.17, 15) is 4.39 Å². The number of piperidine rings is 1. The van der Waals surface area contributed by atoms with Crippen molar-refractivity contribution in [1.29, 1.82) is 0 Å². The third-order valence-corrected chi connectivity index (χ3v) is 4.83. The number of hydrogen-bond acceptors (Lipinski definition) is 7. The van der Waals surface area contributed by atoms with Crippen LogP contribution in [0.4, 0.5) is 16.0 Å². The predicted molar refractivity (Wildman–Crippen MR) is 98.2 cm³/mol. The van der Waals surface area contributed by atoms with Crippen molar-refractivity contribution in [2.24, 2.45) is 5.92 Å². The Kier molecular flexibility index (Phi) is 5.80. The Hall–Kier alpha value is -2.51. The van der Waals surface area contributed by atoms with Gasteiger partial charge in [0.25, 0.3) is 5.88 Å². The van der Waals surface area contributed by atoms with Gasteiger partial charge in [-0.15, -0.1) is 0 Å². The van der Waals surface area contributed by atoms with Gasteiger partial charge in [-0.3, -0.25) is 0 Å². The Balaban J connectivity index is 1.60. The van der Waals surface area contributed by atoms with Crippen molar-refractivity contribution in [3.8, 4) is 5.88 Å². The highest BCUT2D eigenvalue weighted by molar-refractivity contribution is 5.47. The third kappa shape index (κ3) is 3.84. The lowest BCUT2D eigenvalue weighted by Crippen LogP contribution is -2.39. The Morgan fingerprint density at radius 3 is 2.62 bits per heavy atom. The summed E-state index contributed by atoms with van der Waals surface area (Å²) in [5, 5.41) is 0. The second-order valence-electron chi connectivity index (χ2n) is 6.51. The van der Waals surface area contributed by atoms with E-state index < -0.39 is 0 Å². The molecule has 0 N–H and O–H groups in total. The molecule has 1 aliphatic rings. The third-order valence-electron chi connectivity index (χ3n) is 4.83. The summed E-state index contributed by atoms with van der Waals surface area (Å²) >= 11 is 0. The molecular weight excluding hydrogens is 335 g/mol. The fourth-order valence-corrected chi connectivity index (χ4v) is 3.39. The maximum absolute atomic E-state index is 14.5. The van der Waals surface area contributed by atoms with Crippen LogP contribution in [0.1, 0.15) is 25.5 Å². The summed E-state index contributed by atoms with van der Waals surface area (Å²) in [5.41, 5.74) is 0.478. The van der Waals surface area contributed by atoms with E-state index in [4.69, 9.17) is 4.74 Å². The van der Waals surface area contributed by atoms with E-state index in [1.54, 1.807) is 19.5 Å². The average molecular weight is 360 g/mol. The van der Waals surface area contributed by atoms with Gasteiger partial charge in [-0.05, 0) is 25.2 Å². The molecule has 1 fully saturated rings. The van der Waals surface area contributed by atoms with Gasteiger partial charge in [-0.2, -0.15) is 0 Å². The largest absolute Gasteiger partial charge is 0.478 e. The molecule has 0 spiro atoms. The number of nitrogens with zero attached hydrogens (tertiary/aromatic N) is 6. The number of methoxy groups -OCH3 is 1. The van der Waals surface area contributed by atoms with Gasteiger partial charge in [0.15, 0.2) is 17.5 Å². The molecule has 0 atom stereocenters. The Morgan fingerprint density at radius 2 is 1.92 bits per heavy atom. The van der Waals surface area contributed by atoms with Gasteiger partial charge in [0.05, 0.1) is 12.8 Å². The number of aromatic nitrogens is 4. The molecule has 0 aliphatic carbocycles. The van der Waals surface area contributed by atoms with Crippen LogP contribution in [0.3, 0.4) is 0 Å². The summed E-state index contributed by atoms with van der Waals surface area (Å²) in [5.74, 6) is 1.92. The number of halogens is 1. The van der Waals surface area contributed by atoms with E-state index in [2.05, 4.69) is 24.8 Å². The molecule has 0 aromatic carbocycles. The van der Waals surface area contributed by atoms with E-state index in [1.165, 1.54) is 6.33 Å². The van der Waals surface area contributed by atoms with Gasteiger partial charge in [-0.25, -0.2) is 24.3 Å². The van der Waals surface area contributed by atoms with Gasteiger partial charge in [0.1, 0.15) is 6.33 Å². The first kappa shape index (κ1) is 18.3. The predicted octanol–water partition coefficient (Wildman–Crippen LogP) is 2.33. The zero-order valence-electron chi connectivity index (χ0n) is 15.5. The fraction of sp³-hybridized carbons (Fsp3) is 0.556. The first-order chi connectivity index (χ1) is 12.6. The van der Waals surface area contributed by atoms with Crippen LogP contribution in [-0.4, -0.2) is 53.7 Å². The standard InChI is InChI=1S/C18H25FN6O/c1-4-14-15(19)16(23-12-22-14)25-9-5-13(6-10-25)11-24(2)17-18(26-3)21-8-7-20-17/h7-8,12-13H,4-6,9-11H2,1-3H3. The number of rotatable bonds is 6. The van der Waals surface area contributed by atoms with Crippen molar-refractivity contribution in [1.82, 2.24) is 19.9 Å². The summed E-state index contributed by atoms with van der Waals surface area (Å²) in [6.45, 7) is 4.33. The van der Waals surface area contributed by atoms with E-state index in [-0.39, 0.29) is 5.82 Å². The highest BCUT2D eigenvalue weighted by atomic mass is 19.1. The first-order valence-electron chi connectivity index (χ1n) is 8.94. The van der Waals surface area contributed by atoms with Gasteiger partial charge in [0, 0.05) is 39.1 Å². The number of anilines is 2. The van der Waals surface area contributed by atoms with E-state index in [1.807, 2.05) is 18.9 Å². The summed E-state index contributed by atoms with van der Waals surface area (Å²) < 4.78 is 19.8. The molecule has 1 aliphatic heterocycles. The van der Waals surface area contributed by atoms with Gasteiger partial charge in [0.2, 0.25) is 0 Å². The smallest absolute Gasteiger partial charge is 0.257 e. The van der Waals surface area contributed by atoms with Crippen LogP contribution < -0.4 is 14.5 Å². The lowest BCUT2D eigenvalue weighted by Gasteiger charge is -2.35. The molecule has 140 valence electrons. The van der Waals surface area contributed by atoms with Crippen LogP contribution in [0, 0.1) is 11.7 Å². The molecular formula is C18H25FN6O. The van der Waals surface area contributed by atoms with Crippen LogP contribution >= 0.6 is 0 Å². The Morgan fingerprint density at radius 1 is 1.19 bits per heavy atom. The maximum atomic E-state index is 14.5. The van der Waals surface area contributed by atoms with E-state index in [0.29, 0.717) is 29.7 Å². The SMILES string of the molecule is CCc1ncnc(N2CCC(CN(C)c3nccnc3OC)CC2)c1F. The Labute approximate surface area is 153 Å². The van der Waals surface area contributed by atoms with Gasteiger partial charge in [-0.1, -0.05) is 6.92 Å². The zero-order chi connectivity index (χ0) is 18.5. The summed E-state index contributed by atoms with van der Waals surface area (Å²) in [7, 11) is 3.59. The monoisotopic (exact) mass is 360 g/mol. The van der Waals surface area contributed by atoms with Crippen LogP contribution in [-0.2, 0) is 6.42 Å². The lowest BCUT2D eigenvalue weighted by molar-refractivity contribution is 0.385. The topological polar surface area (TPSA) is 67.3 Å². The summed E-state index contributed by atoms with van der Waals surface area (Å²) in [4.78, 5) is 20.8. The van der Waals surface area contributed by atoms with E-state index >= 15 is 0 Å². The van der Waals surface area contributed by atoms with Crippen LogP contribution in [0.25, 0.3) is 0 Å². The molecule has 2 aromatic heterocycles. The first-order valence-corrected chi connectivity index (χ1v) is 8.94. The van der Waals surface area contributed by atoms with Gasteiger partial charge >= 0.3 is 0 Å². The minimum absolute atomic E-state index is 0.283. The van der Waals surface area contributed by atoms with Crippen LogP contribution in [0.2, 0.25) is 0 Å². The van der Waals surface area contributed by atoms with E-state index in [0.717, 1.165) is 38.3 Å².